The van der Waals surface area contributed by atoms with Gasteiger partial charge in [0.05, 0.1) is 5.75 Å². The zero-order valence-corrected chi connectivity index (χ0v) is 12.7. The molecule has 0 heterocycles. The maximum Gasteiger partial charge on any atom is 3.00 e. The largest absolute Gasteiger partial charge is 3.00 e. The van der Waals surface area contributed by atoms with Crippen LogP contribution in [-0.2, 0) is 35.7 Å². The second-order valence-corrected chi connectivity index (χ2v) is 6.64. The summed E-state index contributed by atoms with van der Waals surface area (Å²) in [5.41, 5.74) is 0. The van der Waals surface area contributed by atoms with Crippen molar-refractivity contribution < 1.29 is 35.7 Å². The molecule has 1 radical (unpaired) electrons. The van der Waals surface area contributed by atoms with E-state index < -0.39 is 0 Å². The molecule has 0 unspecified atom stereocenters. The third kappa shape index (κ3) is 31.5. The van der Waals surface area contributed by atoms with Crippen LogP contribution in [0.1, 0.15) is 0 Å². The van der Waals surface area contributed by atoms with E-state index in [9.17, 15) is 19.2 Å². The number of carbonyl (C=O) groups is 1. The van der Waals surface area contributed by atoms with Gasteiger partial charge in [0.1, 0.15) is 6.29 Å². The average Bonchev–Trinajstić information content (AvgIpc) is 2.31. The van der Waals surface area contributed by atoms with Crippen LogP contribution in [0, 0.1) is 0 Å². The van der Waals surface area contributed by atoms with Gasteiger partial charge < -0.3 is 19.2 Å². The Labute approximate surface area is 126 Å². The molecule has 9 heteroatoms. The molecule has 0 spiro atoms. The Kier molecular flexibility index (Phi) is 34.0. The van der Waals surface area contributed by atoms with Gasteiger partial charge in [-0.05, 0) is 0 Å². The summed E-state index contributed by atoms with van der Waals surface area (Å²) in [6.07, 6.45) is 5.89. The van der Waals surface area contributed by atoms with Crippen LogP contribution in [0.5, 0.6) is 0 Å². The van der Waals surface area contributed by atoms with Crippen LogP contribution in [0.2, 0.25) is 0 Å². The molecule has 0 aliphatic heterocycles. The first-order valence-corrected chi connectivity index (χ1v) is 8.78. The van der Waals surface area contributed by atoms with Crippen LogP contribution in [0.25, 0.3) is 0 Å². The van der Waals surface area contributed by atoms with Crippen molar-refractivity contribution in [3.05, 3.63) is 0 Å². The van der Waals surface area contributed by atoms with Crippen LogP contribution in [0.3, 0.4) is 0 Å². The maximum atomic E-state index is 9.64. The van der Waals surface area contributed by atoms with Gasteiger partial charge in [0.2, 0.25) is 0 Å². The fraction of sp³-hybridized carbons (Fsp3) is 0.500. The fourth-order valence-corrected chi connectivity index (χ4v) is 2.46. The predicted octanol–water partition coefficient (Wildman–Crippen LogP) is 1.26. The predicted molar refractivity (Wildman–Crippen MR) is 73.0 cm³/mol. The summed E-state index contributed by atoms with van der Waals surface area (Å²) < 4.78 is 0. The minimum atomic E-state index is 0. The molecule has 4 nitrogen and oxygen atoms in total. The Morgan fingerprint density at radius 3 is 1.41 bits per heavy atom. The molecule has 0 aromatic carbocycles. The molecule has 0 saturated heterocycles. The van der Waals surface area contributed by atoms with E-state index in [-0.39, 0.29) is 16.5 Å². The van der Waals surface area contributed by atoms with Crippen LogP contribution >= 0.6 is 43.2 Å². The van der Waals surface area contributed by atoms with Crippen LogP contribution < -0.4 is 0 Å². The van der Waals surface area contributed by atoms with E-state index in [0.29, 0.717) is 23.0 Å². The van der Waals surface area contributed by atoms with E-state index in [0.717, 1.165) is 6.29 Å². The molecule has 0 aliphatic carbocycles. The van der Waals surface area contributed by atoms with E-state index >= 15 is 0 Å². The van der Waals surface area contributed by atoms with Gasteiger partial charge in [-0.15, -0.1) is 32.4 Å². The van der Waals surface area contributed by atoms with Crippen molar-refractivity contribution in [3.63, 3.8) is 0 Å². The molecule has 0 saturated carbocycles. The molecule has 0 N–H and O–H groups in total. The number of carbonyl (C=O) groups excluding carboxylic acids is 4. The molecule has 0 aromatic heterocycles. The van der Waals surface area contributed by atoms with Gasteiger partial charge in [-0.25, -0.2) is 0 Å². The standard InChI is InChI=1S/C4H5O2S2.C4H4O2S2.Ni/c2*5-1-3-7-8-4-2-6;/h1H,3-4H2;3-4H2;/q-1;-2;+3. The topological polar surface area (TPSA) is 68.3 Å². The molecular formula is C8H9NiO4S4. The van der Waals surface area contributed by atoms with Gasteiger partial charge >= 0.3 is 16.5 Å². The average molecular weight is 356 g/mol. The van der Waals surface area contributed by atoms with Crippen molar-refractivity contribution in [1.82, 2.24) is 0 Å². The van der Waals surface area contributed by atoms with Crippen molar-refractivity contribution in [3.8, 4) is 0 Å². The number of hydrogen-bond acceptors (Lipinski definition) is 8. The van der Waals surface area contributed by atoms with Crippen LogP contribution in [0.4, 0.5) is 0 Å². The van der Waals surface area contributed by atoms with Crippen molar-refractivity contribution in [1.29, 1.82) is 0 Å². The molecule has 0 aliphatic rings. The molecule has 17 heavy (non-hydrogen) atoms. The number of rotatable bonds is 10. The second-order valence-electron chi connectivity index (χ2n) is 1.67. The van der Waals surface area contributed by atoms with Crippen molar-refractivity contribution >= 4 is 68.3 Å². The summed E-state index contributed by atoms with van der Waals surface area (Å²) in [7, 11) is 5.32. The third-order valence-electron chi connectivity index (χ3n) is 0.656. The fourth-order valence-electron chi connectivity index (χ4n) is 0.273. The Balaban J connectivity index is -0.000000218. The maximum absolute atomic E-state index is 9.64. The summed E-state index contributed by atoms with van der Waals surface area (Å²) in [6, 6.07) is 0. The van der Waals surface area contributed by atoms with Crippen LogP contribution in [-0.4, -0.2) is 48.2 Å². The number of aldehydes is 1. The molecular weight excluding hydrogens is 347 g/mol. The quantitative estimate of drug-likeness (QED) is 0.191. The molecule has 0 rings (SSSR count). The van der Waals surface area contributed by atoms with E-state index in [1.165, 1.54) is 43.2 Å². The summed E-state index contributed by atoms with van der Waals surface area (Å²) >= 11 is 0. The smallest absolute Gasteiger partial charge is 0.541 e. The van der Waals surface area contributed by atoms with Gasteiger partial charge in [-0.1, -0.05) is 28.1 Å². The molecule has 0 amide bonds. The minimum absolute atomic E-state index is 0. The number of hydrogen-bond donors (Lipinski definition) is 0. The van der Waals surface area contributed by atoms with E-state index in [2.05, 4.69) is 0 Å². The molecule has 0 fully saturated rings. The monoisotopic (exact) mass is 355 g/mol. The SMILES string of the molecule is O=[C-]CSSCC=O.O=[C-]CSSC[C-]=O.[Ni+3]. The van der Waals surface area contributed by atoms with Gasteiger partial charge in [-0.2, -0.15) is 0 Å². The Hall–Kier alpha value is 0.574. The summed E-state index contributed by atoms with van der Waals surface area (Å²) in [4.78, 5) is 38.2. The molecule has 99 valence electrons. The summed E-state index contributed by atoms with van der Waals surface area (Å²) in [5.74, 6) is 1.45. The molecule has 0 bridgehead atoms. The zero-order chi connectivity index (χ0) is 12.5. The van der Waals surface area contributed by atoms with Gasteiger partial charge in [0, 0.05) is 0 Å². The van der Waals surface area contributed by atoms with Gasteiger partial charge in [0.15, 0.2) is 0 Å². The van der Waals surface area contributed by atoms with Crippen LogP contribution in [0.15, 0.2) is 0 Å². The van der Waals surface area contributed by atoms with Gasteiger partial charge in [-0.3, -0.25) is 18.9 Å². The van der Waals surface area contributed by atoms with Gasteiger partial charge in [0.25, 0.3) is 0 Å². The van der Waals surface area contributed by atoms with Crippen molar-refractivity contribution in [2.45, 2.75) is 0 Å². The van der Waals surface area contributed by atoms with E-state index in [1.54, 1.807) is 18.9 Å². The molecule has 0 atom stereocenters. The first-order valence-electron chi connectivity index (χ1n) is 3.81. The first-order chi connectivity index (χ1) is 7.83. The minimum Gasteiger partial charge on any atom is -0.541 e. The Morgan fingerprint density at radius 2 is 1.12 bits per heavy atom. The Morgan fingerprint density at radius 1 is 0.765 bits per heavy atom. The van der Waals surface area contributed by atoms with E-state index in [4.69, 9.17) is 0 Å². The normalized spacial score (nSPS) is 8.00. The van der Waals surface area contributed by atoms with E-state index in [1.807, 2.05) is 0 Å². The first kappa shape index (κ1) is 22.7. The second kappa shape index (κ2) is 25.4. The summed E-state index contributed by atoms with van der Waals surface area (Å²) in [6.45, 7) is 0. The Bertz CT molecular complexity index is 154. The van der Waals surface area contributed by atoms with Crippen molar-refractivity contribution in [2.75, 3.05) is 23.0 Å². The third-order valence-corrected chi connectivity index (χ3v) is 4.44. The zero-order valence-electron chi connectivity index (χ0n) is 8.49. The molecule has 0 aromatic rings. The summed E-state index contributed by atoms with van der Waals surface area (Å²) in [5, 5.41) is 0. The van der Waals surface area contributed by atoms with Crippen molar-refractivity contribution in [2.24, 2.45) is 0 Å².